The molecule has 0 saturated carbocycles. The molecule has 0 fully saturated rings. The zero-order chi connectivity index (χ0) is 12.0. The predicted octanol–water partition coefficient (Wildman–Crippen LogP) is 2.48. The van der Waals surface area contributed by atoms with Crippen molar-refractivity contribution in [3.05, 3.63) is 23.4 Å². The van der Waals surface area contributed by atoms with Crippen LogP contribution in [-0.4, -0.2) is 18.1 Å². The van der Waals surface area contributed by atoms with E-state index in [0.29, 0.717) is 6.54 Å². The van der Waals surface area contributed by atoms with E-state index in [2.05, 4.69) is 36.7 Å². The Hall–Kier alpha value is -1.09. The van der Waals surface area contributed by atoms with Crippen molar-refractivity contribution < 1.29 is 0 Å². The summed E-state index contributed by atoms with van der Waals surface area (Å²) in [6.07, 6.45) is 4.21. The van der Waals surface area contributed by atoms with Crippen LogP contribution in [0.3, 0.4) is 0 Å². The number of pyridine rings is 1. The molecule has 0 aliphatic heterocycles. The Morgan fingerprint density at radius 2 is 1.88 bits per heavy atom. The number of hydrogen-bond donors (Lipinski definition) is 1. The summed E-state index contributed by atoms with van der Waals surface area (Å²) in [5, 5.41) is 0. The number of nitrogens with zero attached hydrogens (tertiary/aromatic N) is 2. The van der Waals surface area contributed by atoms with Crippen LogP contribution in [0.4, 0.5) is 5.82 Å². The van der Waals surface area contributed by atoms with Gasteiger partial charge in [-0.2, -0.15) is 0 Å². The molecule has 0 aliphatic rings. The standard InChI is InChI=1S/C13H23N3/c1-4-6-16(7-5-2)13-8-11(3)12(9-14)10-15-13/h8,10H,4-7,9,14H2,1-3H3. The van der Waals surface area contributed by atoms with Gasteiger partial charge in [0.2, 0.25) is 0 Å². The molecule has 90 valence electrons. The van der Waals surface area contributed by atoms with E-state index in [-0.39, 0.29) is 0 Å². The van der Waals surface area contributed by atoms with Gasteiger partial charge in [-0.1, -0.05) is 13.8 Å². The molecule has 3 heteroatoms. The van der Waals surface area contributed by atoms with Crippen LogP contribution >= 0.6 is 0 Å². The van der Waals surface area contributed by atoms with E-state index in [1.165, 1.54) is 5.56 Å². The summed E-state index contributed by atoms with van der Waals surface area (Å²) < 4.78 is 0. The van der Waals surface area contributed by atoms with Gasteiger partial charge < -0.3 is 10.6 Å². The van der Waals surface area contributed by atoms with Crippen LogP contribution < -0.4 is 10.6 Å². The number of aryl methyl sites for hydroxylation is 1. The zero-order valence-electron chi connectivity index (χ0n) is 10.7. The fourth-order valence-electron chi connectivity index (χ4n) is 1.84. The number of rotatable bonds is 6. The number of anilines is 1. The van der Waals surface area contributed by atoms with Gasteiger partial charge in [0.1, 0.15) is 5.82 Å². The van der Waals surface area contributed by atoms with E-state index in [4.69, 9.17) is 5.73 Å². The summed E-state index contributed by atoms with van der Waals surface area (Å²) in [7, 11) is 0. The second-order valence-corrected chi connectivity index (χ2v) is 4.16. The van der Waals surface area contributed by atoms with Crippen molar-refractivity contribution in [2.45, 2.75) is 40.2 Å². The highest BCUT2D eigenvalue weighted by atomic mass is 15.2. The normalized spacial score (nSPS) is 10.5. The maximum Gasteiger partial charge on any atom is 0.128 e. The maximum atomic E-state index is 5.64. The van der Waals surface area contributed by atoms with Crippen LogP contribution in [0.25, 0.3) is 0 Å². The number of nitrogens with two attached hydrogens (primary N) is 1. The van der Waals surface area contributed by atoms with E-state index in [1.54, 1.807) is 0 Å². The summed E-state index contributed by atoms with van der Waals surface area (Å²) in [6, 6.07) is 2.15. The van der Waals surface area contributed by atoms with Crippen LogP contribution in [-0.2, 0) is 6.54 Å². The summed E-state index contributed by atoms with van der Waals surface area (Å²) >= 11 is 0. The Kier molecular flexibility index (Phi) is 5.26. The third-order valence-corrected chi connectivity index (χ3v) is 2.74. The van der Waals surface area contributed by atoms with Crippen molar-refractivity contribution in [2.75, 3.05) is 18.0 Å². The van der Waals surface area contributed by atoms with Crippen LogP contribution in [0.5, 0.6) is 0 Å². The van der Waals surface area contributed by atoms with Crippen molar-refractivity contribution in [1.82, 2.24) is 4.98 Å². The minimum atomic E-state index is 0.570. The minimum Gasteiger partial charge on any atom is -0.357 e. The first-order valence-electron chi connectivity index (χ1n) is 6.13. The molecule has 0 spiro atoms. The Morgan fingerprint density at radius 3 is 2.31 bits per heavy atom. The van der Waals surface area contributed by atoms with Gasteiger partial charge in [0.25, 0.3) is 0 Å². The molecule has 1 heterocycles. The van der Waals surface area contributed by atoms with Crippen molar-refractivity contribution >= 4 is 5.82 Å². The first-order chi connectivity index (χ1) is 7.72. The smallest absolute Gasteiger partial charge is 0.128 e. The van der Waals surface area contributed by atoms with Crippen molar-refractivity contribution in [1.29, 1.82) is 0 Å². The summed E-state index contributed by atoms with van der Waals surface area (Å²) in [5.74, 6) is 1.08. The molecule has 0 radical (unpaired) electrons. The van der Waals surface area contributed by atoms with Gasteiger partial charge in [0.15, 0.2) is 0 Å². The first kappa shape index (κ1) is 13.0. The molecular formula is C13H23N3. The van der Waals surface area contributed by atoms with Gasteiger partial charge in [-0.05, 0) is 37.0 Å². The van der Waals surface area contributed by atoms with Crippen molar-refractivity contribution in [2.24, 2.45) is 5.73 Å². The highest BCUT2D eigenvalue weighted by molar-refractivity contribution is 5.43. The molecule has 0 amide bonds. The number of hydrogen-bond acceptors (Lipinski definition) is 3. The molecule has 0 bridgehead atoms. The van der Waals surface area contributed by atoms with E-state index >= 15 is 0 Å². The van der Waals surface area contributed by atoms with E-state index in [9.17, 15) is 0 Å². The summed E-state index contributed by atoms with van der Waals surface area (Å²) in [5.41, 5.74) is 8.02. The van der Waals surface area contributed by atoms with Crippen LogP contribution in [0.2, 0.25) is 0 Å². The fraction of sp³-hybridized carbons (Fsp3) is 0.615. The van der Waals surface area contributed by atoms with Gasteiger partial charge in [-0.15, -0.1) is 0 Å². The quantitative estimate of drug-likeness (QED) is 0.802. The average Bonchev–Trinajstić information content (AvgIpc) is 2.28. The second-order valence-electron chi connectivity index (χ2n) is 4.16. The lowest BCUT2D eigenvalue weighted by atomic mass is 10.1. The Morgan fingerprint density at radius 1 is 1.25 bits per heavy atom. The highest BCUT2D eigenvalue weighted by Gasteiger charge is 2.07. The SMILES string of the molecule is CCCN(CCC)c1cc(C)c(CN)cn1. The largest absolute Gasteiger partial charge is 0.357 e. The van der Waals surface area contributed by atoms with Gasteiger partial charge in [0.05, 0.1) is 0 Å². The van der Waals surface area contributed by atoms with Crippen molar-refractivity contribution in [3.8, 4) is 0 Å². The van der Waals surface area contributed by atoms with Crippen LogP contribution in [0, 0.1) is 6.92 Å². The molecule has 0 saturated heterocycles. The third-order valence-electron chi connectivity index (χ3n) is 2.74. The Labute approximate surface area is 98.7 Å². The lowest BCUT2D eigenvalue weighted by molar-refractivity contribution is 0.733. The molecule has 1 rings (SSSR count). The maximum absolute atomic E-state index is 5.64. The van der Waals surface area contributed by atoms with E-state index in [0.717, 1.165) is 37.3 Å². The van der Waals surface area contributed by atoms with E-state index < -0.39 is 0 Å². The van der Waals surface area contributed by atoms with E-state index in [1.807, 2.05) is 6.20 Å². The summed E-state index contributed by atoms with van der Waals surface area (Å²) in [6.45, 7) is 9.21. The molecule has 0 aromatic carbocycles. The van der Waals surface area contributed by atoms with Gasteiger partial charge >= 0.3 is 0 Å². The predicted molar refractivity (Wildman–Crippen MR) is 69.7 cm³/mol. The third kappa shape index (κ3) is 3.20. The lowest BCUT2D eigenvalue weighted by Gasteiger charge is -2.23. The molecule has 2 N–H and O–H groups in total. The fourth-order valence-corrected chi connectivity index (χ4v) is 1.84. The topological polar surface area (TPSA) is 42.1 Å². The van der Waals surface area contributed by atoms with Gasteiger partial charge in [-0.25, -0.2) is 4.98 Å². The molecule has 3 nitrogen and oxygen atoms in total. The molecule has 0 unspecified atom stereocenters. The molecule has 0 aliphatic carbocycles. The minimum absolute atomic E-state index is 0.570. The van der Waals surface area contributed by atoms with Gasteiger partial charge in [0, 0.05) is 25.8 Å². The molecular weight excluding hydrogens is 198 g/mol. The molecule has 1 aromatic rings. The average molecular weight is 221 g/mol. The summed E-state index contributed by atoms with van der Waals surface area (Å²) in [4.78, 5) is 6.83. The lowest BCUT2D eigenvalue weighted by Crippen LogP contribution is -2.26. The Bertz CT molecular complexity index is 317. The van der Waals surface area contributed by atoms with Crippen molar-refractivity contribution in [3.63, 3.8) is 0 Å². The monoisotopic (exact) mass is 221 g/mol. The molecule has 1 aromatic heterocycles. The van der Waals surface area contributed by atoms with Crippen LogP contribution in [0.15, 0.2) is 12.3 Å². The van der Waals surface area contributed by atoms with Gasteiger partial charge in [-0.3, -0.25) is 0 Å². The highest BCUT2D eigenvalue weighted by Crippen LogP contribution is 2.16. The first-order valence-corrected chi connectivity index (χ1v) is 6.13. The Balaban J connectivity index is 2.87. The molecule has 16 heavy (non-hydrogen) atoms. The van der Waals surface area contributed by atoms with Crippen LogP contribution in [0.1, 0.15) is 37.8 Å². The number of aromatic nitrogens is 1. The zero-order valence-corrected chi connectivity index (χ0v) is 10.7. The second kappa shape index (κ2) is 6.48. The molecule has 0 atom stereocenters.